The Kier molecular flexibility index (Phi) is 2.80. The Hall–Kier alpha value is -0.660. The maximum atomic E-state index is 11.2. The number of Topliss-reactive ketones (excluding diaryl/α,β-unsaturated/α-hetero) is 2. The highest BCUT2D eigenvalue weighted by Gasteiger charge is 2.24. The monoisotopic (exact) mass is 154 g/mol. The molecule has 0 aromatic carbocycles. The molecule has 1 aliphatic rings. The fourth-order valence-corrected chi connectivity index (χ4v) is 1.23. The summed E-state index contributed by atoms with van der Waals surface area (Å²) < 4.78 is 0. The van der Waals surface area contributed by atoms with Gasteiger partial charge in [-0.3, -0.25) is 4.79 Å². The highest BCUT2D eigenvalue weighted by atomic mass is 16.1. The molecule has 2 nitrogen and oxygen atoms in total. The van der Waals surface area contributed by atoms with Crippen LogP contribution in [0.15, 0.2) is 0 Å². The molecule has 11 heavy (non-hydrogen) atoms. The predicted octanol–water partition coefficient (Wildman–Crippen LogP) is 1.72. The highest BCUT2D eigenvalue weighted by molar-refractivity contribution is 5.86. The maximum absolute atomic E-state index is 11.2. The average Bonchev–Trinajstić information content (AvgIpc) is 1.79. The second-order valence-corrected chi connectivity index (χ2v) is 3.30. The van der Waals surface area contributed by atoms with Gasteiger partial charge in [-0.05, 0) is 19.8 Å². The molecule has 0 saturated heterocycles. The molecule has 0 amide bonds. The Bertz CT molecular complexity index is 168. The Morgan fingerprint density at radius 1 is 1.27 bits per heavy atom. The molecule has 0 aromatic rings. The molecule has 0 aliphatic heterocycles. The van der Waals surface area contributed by atoms with Gasteiger partial charge in [-0.15, -0.1) is 0 Å². The van der Waals surface area contributed by atoms with Crippen molar-refractivity contribution in [1.82, 2.24) is 0 Å². The number of carbonyl (C=O) groups is 2. The Morgan fingerprint density at radius 3 is 2.27 bits per heavy atom. The molecule has 0 N–H and O–H groups in total. The second kappa shape index (κ2) is 3.65. The molecule has 1 fully saturated rings. The van der Waals surface area contributed by atoms with E-state index in [0.29, 0.717) is 24.5 Å². The van der Waals surface area contributed by atoms with Crippen LogP contribution in [0.25, 0.3) is 0 Å². The molecule has 1 aliphatic carbocycles. The van der Waals surface area contributed by atoms with E-state index in [1.165, 1.54) is 13.3 Å². The maximum Gasteiger partial charge on any atom is 0.136 e. The molecule has 1 rings (SSSR count). The molecular formula is C9H14O2. The molecular weight excluding hydrogens is 140 g/mol. The summed E-state index contributed by atoms with van der Waals surface area (Å²) >= 11 is 0. The third-order valence-corrected chi connectivity index (χ3v) is 2.28. The molecule has 1 saturated carbocycles. The van der Waals surface area contributed by atoms with Crippen LogP contribution in [0.4, 0.5) is 0 Å². The summed E-state index contributed by atoms with van der Waals surface area (Å²) in [5.74, 6) is 0.721. The molecule has 0 heterocycles. The third kappa shape index (κ3) is 2.45. The zero-order valence-electron chi connectivity index (χ0n) is 6.93. The Labute approximate surface area is 67.0 Å². The van der Waals surface area contributed by atoms with E-state index in [-0.39, 0.29) is 5.78 Å². The first-order valence-corrected chi connectivity index (χ1v) is 4.22. The number of carbonyl (C=O) groups excluding carboxylic acids is 2. The van der Waals surface area contributed by atoms with Crippen LogP contribution < -0.4 is 0 Å². The SMILES string of the molecule is CC(=O)CCC(=O)C1CCC1. The summed E-state index contributed by atoms with van der Waals surface area (Å²) in [5, 5.41) is 0. The van der Waals surface area contributed by atoms with Gasteiger partial charge < -0.3 is 4.79 Å². The molecule has 62 valence electrons. The second-order valence-electron chi connectivity index (χ2n) is 3.30. The summed E-state index contributed by atoms with van der Waals surface area (Å²) in [6.45, 7) is 1.54. The van der Waals surface area contributed by atoms with Crippen molar-refractivity contribution in [3.05, 3.63) is 0 Å². The van der Waals surface area contributed by atoms with Crippen molar-refractivity contribution in [3.63, 3.8) is 0 Å². The predicted molar refractivity (Wildman–Crippen MR) is 42.3 cm³/mol. The van der Waals surface area contributed by atoms with Crippen LogP contribution in [0.2, 0.25) is 0 Å². The van der Waals surface area contributed by atoms with Gasteiger partial charge in [0, 0.05) is 18.8 Å². The van der Waals surface area contributed by atoms with Gasteiger partial charge in [0.15, 0.2) is 0 Å². The van der Waals surface area contributed by atoms with Crippen molar-refractivity contribution in [1.29, 1.82) is 0 Å². The van der Waals surface area contributed by atoms with Crippen LogP contribution in [-0.4, -0.2) is 11.6 Å². The molecule has 0 spiro atoms. The van der Waals surface area contributed by atoms with Crippen molar-refractivity contribution in [2.45, 2.75) is 39.0 Å². The quantitative estimate of drug-likeness (QED) is 0.618. The largest absolute Gasteiger partial charge is 0.300 e. The van der Waals surface area contributed by atoms with Crippen LogP contribution >= 0.6 is 0 Å². The first kappa shape index (κ1) is 8.44. The molecule has 0 unspecified atom stereocenters. The van der Waals surface area contributed by atoms with Crippen molar-refractivity contribution in [2.75, 3.05) is 0 Å². The van der Waals surface area contributed by atoms with Crippen LogP contribution in [-0.2, 0) is 9.59 Å². The number of rotatable bonds is 4. The van der Waals surface area contributed by atoms with Gasteiger partial charge in [0.1, 0.15) is 11.6 Å². The summed E-state index contributed by atoms with van der Waals surface area (Å²) in [7, 11) is 0. The number of ketones is 2. The molecule has 0 atom stereocenters. The van der Waals surface area contributed by atoms with E-state index >= 15 is 0 Å². The molecule has 0 aromatic heterocycles. The van der Waals surface area contributed by atoms with Gasteiger partial charge in [-0.2, -0.15) is 0 Å². The lowest BCUT2D eigenvalue weighted by atomic mass is 9.81. The molecule has 0 bridgehead atoms. The van der Waals surface area contributed by atoms with E-state index in [1.807, 2.05) is 0 Å². The normalized spacial score (nSPS) is 17.5. The number of hydrogen-bond acceptors (Lipinski definition) is 2. The third-order valence-electron chi connectivity index (χ3n) is 2.28. The van der Waals surface area contributed by atoms with Gasteiger partial charge in [0.2, 0.25) is 0 Å². The van der Waals surface area contributed by atoms with E-state index in [9.17, 15) is 9.59 Å². The van der Waals surface area contributed by atoms with Crippen molar-refractivity contribution < 1.29 is 9.59 Å². The summed E-state index contributed by atoms with van der Waals surface area (Å²) in [6, 6.07) is 0. The first-order chi connectivity index (χ1) is 5.20. The Morgan fingerprint density at radius 2 is 1.91 bits per heavy atom. The summed E-state index contributed by atoms with van der Waals surface area (Å²) in [6.07, 6.45) is 4.21. The highest BCUT2D eigenvalue weighted by Crippen LogP contribution is 2.28. The van der Waals surface area contributed by atoms with Gasteiger partial charge in [0.25, 0.3) is 0 Å². The summed E-state index contributed by atoms with van der Waals surface area (Å²) in [5.41, 5.74) is 0. The van der Waals surface area contributed by atoms with Gasteiger partial charge >= 0.3 is 0 Å². The van der Waals surface area contributed by atoms with E-state index in [1.54, 1.807) is 0 Å². The number of hydrogen-bond donors (Lipinski definition) is 0. The zero-order chi connectivity index (χ0) is 8.27. The van der Waals surface area contributed by atoms with E-state index in [0.717, 1.165) is 12.8 Å². The minimum atomic E-state index is 0.123. The topological polar surface area (TPSA) is 34.1 Å². The lowest BCUT2D eigenvalue weighted by molar-refractivity contribution is -0.127. The van der Waals surface area contributed by atoms with Crippen LogP contribution in [0.5, 0.6) is 0 Å². The lowest BCUT2D eigenvalue weighted by Crippen LogP contribution is -2.22. The van der Waals surface area contributed by atoms with Crippen LogP contribution in [0, 0.1) is 5.92 Å². The standard InChI is InChI=1S/C9H14O2/c1-7(10)5-6-9(11)8-3-2-4-8/h8H,2-6H2,1H3. The Balaban J connectivity index is 2.15. The average molecular weight is 154 g/mol. The minimum Gasteiger partial charge on any atom is -0.300 e. The van der Waals surface area contributed by atoms with Gasteiger partial charge in [-0.25, -0.2) is 0 Å². The van der Waals surface area contributed by atoms with Crippen LogP contribution in [0.1, 0.15) is 39.0 Å². The van der Waals surface area contributed by atoms with Crippen LogP contribution in [0.3, 0.4) is 0 Å². The van der Waals surface area contributed by atoms with E-state index < -0.39 is 0 Å². The van der Waals surface area contributed by atoms with Gasteiger partial charge in [0.05, 0.1) is 0 Å². The fraction of sp³-hybridized carbons (Fsp3) is 0.778. The van der Waals surface area contributed by atoms with Gasteiger partial charge in [-0.1, -0.05) is 6.42 Å². The summed E-state index contributed by atoms with van der Waals surface area (Å²) in [4.78, 5) is 21.7. The van der Waals surface area contributed by atoms with Crippen molar-refractivity contribution in [3.8, 4) is 0 Å². The van der Waals surface area contributed by atoms with E-state index in [2.05, 4.69) is 0 Å². The lowest BCUT2D eigenvalue weighted by Gasteiger charge is -2.23. The minimum absolute atomic E-state index is 0.123. The fourth-order valence-electron chi connectivity index (χ4n) is 1.23. The zero-order valence-corrected chi connectivity index (χ0v) is 6.93. The van der Waals surface area contributed by atoms with Crippen molar-refractivity contribution >= 4 is 11.6 Å². The molecule has 0 radical (unpaired) electrons. The molecule has 2 heteroatoms. The van der Waals surface area contributed by atoms with Crippen molar-refractivity contribution in [2.24, 2.45) is 5.92 Å². The smallest absolute Gasteiger partial charge is 0.136 e. The first-order valence-electron chi connectivity index (χ1n) is 4.22. The van der Waals surface area contributed by atoms with E-state index in [4.69, 9.17) is 0 Å².